The van der Waals surface area contributed by atoms with Crippen molar-refractivity contribution in [2.75, 3.05) is 13.7 Å². The van der Waals surface area contributed by atoms with E-state index in [9.17, 15) is 9.59 Å². The number of methoxy groups -OCH3 is 1. The van der Waals surface area contributed by atoms with Gasteiger partial charge in [0.2, 0.25) is 0 Å². The zero-order valence-corrected chi connectivity index (χ0v) is 15.9. The van der Waals surface area contributed by atoms with Crippen molar-refractivity contribution in [3.05, 3.63) is 65.4 Å². The van der Waals surface area contributed by atoms with Crippen LogP contribution in [0.1, 0.15) is 28.5 Å². The molecule has 0 radical (unpaired) electrons. The number of para-hydroxylation sites is 1. The topological polar surface area (TPSA) is 71.6 Å². The Bertz CT molecular complexity index is 1030. The Morgan fingerprint density at radius 2 is 1.93 bits per heavy atom. The Labute approximate surface area is 163 Å². The van der Waals surface area contributed by atoms with Crippen LogP contribution in [0.25, 0.3) is 10.9 Å². The van der Waals surface area contributed by atoms with E-state index >= 15 is 0 Å². The molecule has 0 bridgehead atoms. The summed E-state index contributed by atoms with van der Waals surface area (Å²) in [4.78, 5) is 30.0. The minimum atomic E-state index is -0.570. The van der Waals surface area contributed by atoms with E-state index in [1.165, 1.54) is 7.11 Å². The van der Waals surface area contributed by atoms with Crippen LogP contribution in [0.4, 0.5) is 0 Å². The number of aromatic amines is 1. The highest BCUT2D eigenvalue weighted by atomic mass is 16.5. The second kappa shape index (κ2) is 7.38. The van der Waals surface area contributed by atoms with E-state index in [2.05, 4.69) is 4.98 Å². The molecule has 0 aliphatic carbocycles. The van der Waals surface area contributed by atoms with Crippen molar-refractivity contribution in [2.45, 2.75) is 26.0 Å². The van der Waals surface area contributed by atoms with Crippen molar-refractivity contribution < 1.29 is 19.1 Å². The minimum Gasteiger partial charge on any atom is -0.481 e. The summed E-state index contributed by atoms with van der Waals surface area (Å²) in [5, 5.41) is 0.951. The number of esters is 1. The first-order chi connectivity index (χ1) is 13.6. The summed E-state index contributed by atoms with van der Waals surface area (Å²) in [6, 6.07) is 14.8. The SMILES string of the molecule is COC(=O)c1ccc2[nH]c3c(c2c1)CN(C(=O)C(C)Oc1ccccc1)CC3. The number of carbonyl (C=O) groups excluding carboxylic acids is 2. The molecule has 1 atom stereocenters. The Kier molecular flexibility index (Phi) is 4.77. The lowest BCUT2D eigenvalue weighted by Crippen LogP contribution is -2.43. The second-order valence-corrected chi connectivity index (χ2v) is 6.92. The molecular weight excluding hydrogens is 356 g/mol. The van der Waals surface area contributed by atoms with Gasteiger partial charge in [0.1, 0.15) is 5.75 Å². The van der Waals surface area contributed by atoms with Crippen LogP contribution < -0.4 is 4.74 Å². The molecule has 4 rings (SSSR count). The van der Waals surface area contributed by atoms with Gasteiger partial charge in [-0.05, 0) is 37.3 Å². The number of nitrogens with one attached hydrogen (secondary N) is 1. The van der Waals surface area contributed by atoms with Crippen LogP contribution in [0, 0.1) is 0 Å². The first kappa shape index (κ1) is 18.1. The smallest absolute Gasteiger partial charge is 0.337 e. The predicted octanol–water partition coefficient (Wildman–Crippen LogP) is 3.31. The first-order valence-corrected chi connectivity index (χ1v) is 9.29. The number of aromatic nitrogens is 1. The van der Waals surface area contributed by atoms with Crippen LogP contribution in [0.15, 0.2) is 48.5 Å². The second-order valence-electron chi connectivity index (χ2n) is 6.92. The quantitative estimate of drug-likeness (QED) is 0.707. The van der Waals surface area contributed by atoms with Gasteiger partial charge in [-0.15, -0.1) is 0 Å². The molecule has 3 aromatic rings. The third kappa shape index (κ3) is 3.33. The van der Waals surface area contributed by atoms with Crippen LogP contribution >= 0.6 is 0 Å². The van der Waals surface area contributed by atoms with Gasteiger partial charge < -0.3 is 19.4 Å². The fraction of sp³-hybridized carbons (Fsp3) is 0.273. The number of fused-ring (bicyclic) bond motifs is 3. The number of carbonyl (C=O) groups is 2. The molecule has 6 nitrogen and oxygen atoms in total. The number of hydrogen-bond donors (Lipinski definition) is 1. The molecule has 0 fully saturated rings. The molecule has 0 saturated heterocycles. The summed E-state index contributed by atoms with van der Waals surface area (Å²) in [7, 11) is 1.37. The highest BCUT2D eigenvalue weighted by Gasteiger charge is 2.28. The van der Waals surface area contributed by atoms with Gasteiger partial charge in [-0.3, -0.25) is 4.79 Å². The standard InChI is InChI=1S/C22H22N2O4/c1-14(28-16-6-4-3-5-7-16)21(25)24-11-10-20-18(13-24)17-12-15(22(26)27-2)8-9-19(17)23-20/h3-9,12,14,23H,10-11,13H2,1-2H3. The van der Waals surface area contributed by atoms with Crippen LogP contribution in [-0.2, 0) is 22.5 Å². The van der Waals surface area contributed by atoms with E-state index in [1.807, 2.05) is 47.4 Å². The van der Waals surface area contributed by atoms with Crippen LogP contribution in [0.2, 0.25) is 0 Å². The van der Waals surface area contributed by atoms with Crippen LogP contribution in [0.5, 0.6) is 5.75 Å². The van der Waals surface area contributed by atoms with E-state index in [1.54, 1.807) is 13.0 Å². The van der Waals surface area contributed by atoms with Gasteiger partial charge in [0, 0.05) is 41.7 Å². The zero-order valence-electron chi connectivity index (χ0n) is 15.9. The van der Waals surface area contributed by atoms with Crippen molar-refractivity contribution >= 4 is 22.8 Å². The number of nitrogens with zero attached hydrogens (tertiary/aromatic N) is 1. The Balaban J connectivity index is 1.56. The molecule has 1 unspecified atom stereocenters. The largest absolute Gasteiger partial charge is 0.481 e. The number of benzene rings is 2. The number of hydrogen-bond acceptors (Lipinski definition) is 4. The molecule has 144 valence electrons. The van der Waals surface area contributed by atoms with Gasteiger partial charge in [0.05, 0.1) is 12.7 Å². The maximum atomic E-state index is 12.9. The van der Waals surface area contributed by atoms with Crippen molar-refractivity contribution in [1.29, 1.82) is 0 Å². The van der Waals surface area contributed by atoms with Gasteiger partial charge in [0.15, 0.2) is 6.10 Å². The van der Waals surface area contributed by atoms with Crippen molar-refractivity contribution in [3.63, 3.8) is 0 Å². The highest BCUT2D eigenvalue weighted by Crippen LogP contribution is 2.29. The number of amides is 1. The predicted molar refractivity (Wildman–Crippen MR) is 105 cm³/mol. The number of H-pyrrole nitrogens is 1. The summed E-state index contributed by atoms with van der Waals surface area (Å²) in [5.41, 5.74) is 3.62. The van der Waals surface area contributed by atoms with Gasteiger partial charge in [-0.2, -0.15) is 0 Å². The fourth-order valence-electron chi connectivity index (χ4n) is 3.66. The van der Waals surface area contributed by atoms with Gasteiger partial charge >= 0.3 is 5.97 Å². The van der Waals surface area contributed by atoms with Crippen molar-refractivity contribution in [3.8, 4) is 5.75 Å². The highest BCUT2D eigenvalue weighted by molar-refractivity contribution is 5.96. The summed E-state index contributed by atoms with van der Waals surface area (Å²) < 4.78 is 10.6. The first-order valence-electron chi connectivity index (χ1n) is 9.29. The molecule has 0 spiro atoms. The normalized spacial score (nSPS) is 14.4. The Morgan fingerprint density at radius 3 is 2.68 bits per heavy atom. The molecule has 1 aliphatic rings. The van der Waals surface area contributed by atoms with Gasteiger partial charge in [0.25, 0.3) is 5.91 Å². The summed E-state index contributed by atoms with van der Waals surface area (Å²) in [6.45, 7) is 2.89. The minimum absolute atomic E-state index is 0.0482. The summed E-state index contributed by atoms with van der Waals surface area (Å²) in [5.74, 6) is 0.259. The number of ether oxygens (including phenoxy) is 2. The fourth-order valence-corrected chi connectivity index (χ4v) is 3.66. The molecule has 1 aromatic heterocycles. The summed E-state index contributed by atoms with van der Waals surface area (Å²) >= 11 is 0. The molecule has 1 amide bonds. The lowest BCUT2D eigenvalue weighted by molar-refractivity contribution is -0.138. The van der Waals surface area contributed by atoms with E-state index in [0.717, 1.165) is 28.6 Å². The van der Waals surface area contributed by atoms with E-state index in [4.69, 9.17) is 9.47 Å². The van der Waals surface area contributed by atoms with E-state index < -0.39 is 6.10 Å². The molecule has 6 heteroatoms. The number of rotatable bonds is 4. The summed E-state index contributed by atoms with van der Waals surface area (Å²) in [6.07, 6.45) is 0.168. The Morgan fingerprint density at radius 1 is 1.14 bits per heavy atom. The Hall–Kier alpha value is -3.28. The van der Waals surface area contributed by atoms with Gasteiger partial charge in [-0.1, -0.05) is 18.2 Å². The molecule has 0 saturated carbocycles. The maximum Gasteiger partial charge on any atom is 0.337 e. The molecule has 2 aromatic carbocycles. The lowest BCUT2D eigenvalue weighted by Gasteiger charge is -2.29. The molecule has 1 aliphatic heterocycles. The zero-order chi connectivity index (χ0) is 19.7. The monoisotopic (exact) mass is 378 g/mol. The average molecular weight is 378 g/mol. The van der Waals surface area contributed by atoms with Crippen LogP contribution in [-0.4, -0.2) is 41.5 Å². The average Bonchev–Trinajstić information content (AvgIpc) is 3.10. The molecule has 2 heterocycles. The lowest BCUT2D eigenvalue weighted by atomic mass is 10.0. The molecule has 1 N–H and O–H groups in total. The molecule has 28 heavy (non-hydrogen) atoms. The van der Waals surface area contributed by atoms with E-state index in [-0.39, 0.29) is 11.9 Å². The van der Waals surface area contributed by atoms with Gasteiger partial charge in [-0.25, -0.2) is 4.79 Å². The molecular formula is C22H22N2O4. The third-order valence-corrected chi connectivity index (χ3v) is 5.11. The van der Waals surface area contributed by atoms with E-state index in [0.29, 0.717) is 24.4 Å². The van der Waals surface area contributed by atoms with Crippen molar-refractivity contribution in [2.24, 2.45) is 0 Å². The van der Waals surface area contributed by atoms with Crippen molar-refractivity contribution in [1.82, 2.24) is 9.88 Å². The van der Waals surface area contributed by atoms with Crippen LogP contribution in [0.3, 0.4) is 0 Å². The third-order valence-electron chi connectivity index (χ3n) is 5.11. The maximum absolute atomic E-state index is 12.9.